The number of tetrazole rings is 1. The quantitative estimate of drug-likeness (QED) is 0.429. The summed E-state index contributed by atoms with van der Waals surface area (Å²) in [4.78, 5) is 17.4. The second kappa shape index (κ2) is 9.05. The number of hydrogen-bond acceptors (Lipinski definition) is 7. The van der Waals surface area contributed by atoms with Gasteiger partial charge in [0, 0.05) is 18.2 Å². The van der Waals surface area contributed by atoms with Gasteiger partial charge in [0.1, 0.15) is 0 Å². The first-order valence-corrected chi connectivity index (χ1v) is 10.1. The number of aromatic amines is 2. The Morgan fingerprint density at radius 3 is 2.93 bits per heavy atom. The number of hydrogen-bond donors (Lipinski definition) is 2. The first-order chi connectivity index (χ1) is 13.0. The molecule has 3 rings (SSSR count). The molecule has 0 atom stereocenters. The number of aromatic nitrogens is 5. The highest BCUT2D eigenvalue weighted by Crippen LogP contribution is 2.27. The number of H-pyrrole nitrogens is 2. The largest absolute Gasteiger partial charge is 0.449 e. The van der Waals surface area contributed by atoms with Crippen molar-refractivity contribution in [2.24, 2.45) is 0 Å². The van der Waals surface area contributed by atoms with Gasteiger partial charge in [0.25, 0.3) is 0 Å². The molecule has 2 N–H and O–H groups in total. The van der Waals surface area contributed by atoms with Crippen LogP contribution in [0, 0.1) is 3.95 Å². The van der Waals surface area contributed by atoms with E-state index in [1.165, 1.54) is 11.3 Å². The number of benzene rings is 1. The van der Waals surface area contributed by atoms with Gasteiger partial charge >= 0.3 is 6.09 Å². The van der Waals surface area contributed by atoms with Crippen LogP contribution < -0.4 is 4.90 Å². The molecule has 2 aromatic heterocycles. The number of carbonyl (C=O) groups excluding carboxylic acids is 1. The van der Waals surface area contributed by atoms with E-state index in [4.69, 9.17) is 17.0 Å². The normalized spacial score (nSPS) is 11.2. The van der Waals surface area contributed by atoms with Gasteiger partial charge in [0.15, 0.2) is 9.78 Å². The summed E-state index contributed by atoms with van der Waals surface area (Å²) in [5.74, 6) is 0.710. The molecule has 0 radical (unpaired) electrons. The molecule has 10 heteroatoms. The van der Waals surface area contributed by atoms with Crippen LogP contribution in [-0.4, -0.2) is 44.4 Å². The standard InChI is InChI=1S/C17H22N6O2S2/c1-11(2)23(12-7-8-13-14(10-12)27-16(26)18-13)17(24)25-9-5-3-4-6-15-19-21-22-20-15/h7-8,10-11H,3-6,9H2,1-2H3,(H,18,26)(H,19,20,21,22). The lowest BCUT2D eigenvalue weighted by Gasteiger charge is -2.26. The second-order valence-corrected chi connectivity index (χ2v) is 8.13. The van der Waals surface area contributed by atoms with Crippen LogP contribution in [0.15, 0.2) is 18.2 Å². The van der Waals surface area contributed by atoms with Gasteiger partial charge < -0.3 is 9.72 Å². The van der Waals surface area contributed by atoms with Crippen molar-refractivity contribution in [2.45, 2.75) is 45.6 Å². The molecule has 144 valence electrons. The Morgan fingerprint density at radius 1 is 1.33 bits per heavy atom. The lowest BCUT2D eigenvalue weighted by atomic mass is 10.2. The molecule has 8 nitrogen and oxygen atoms in total. The highest BCUT2D eigenvalue weighted by molar-refractivity contribution is 7.73. The zero-order chi connectivity index (χ0) is 19.2. The molecule has 0 aliphatic heterocycles. The summed E-state index contributed by atoms with van der Waals surface area (Å²) in [6.07, 6.45) is 3.10. The van der Waals surface area contributed by atoms with Crippen molar-refractivity contribution in [3.8, 4) is 0 Å². The zero-order valence-corrected chi connectivity index (χ0v) is 16.9. The number of unbranched alkanes of at least 4 members (excludes halogenated alkanes) is 2. The van der Waals surface area contributed by atoms with E-state index < -0.39 is 0 Å². The third-order valence-electron chi connectivity index (χ3n) is 4.06. The van der Waals surface area contributed by atoms with E-state index in [0.717, 1.165) is 45.5 Å². The maximum atomic E-state index is 12.6. The number of nitrogens with one attached hydrogen (secondary N) is 2. The highest BCUT2D eigenvalue weighted by atomic mass is 32.1. The first-order valence-electron chi connectivity index (χ1n) is 8.86. The molecule has 2 heterocycles. The number of carbonyl (C=O) groups is 1. The van der Waals surface area contributed by atoms with Gasteiger partial charge in [-0.25, -0.2) is 4.79 Å². The summed E-state index contributed by atoms with van der Waals surface area (Å²) >= 11 is 6.68. The van der Waals surface area contributed by atoms with E-state index in [9.17, 15) is 4.79 Å². The van der Waals surface area contributed by atoms with Crippen molar-refractivity contribution in [2.75, 3.05) is 11.5 Å². The molecule has 3 aromatic rings. The van der Waals surface area contributed by atoms with Gasteiger partial charge in [0.05, 0.1) is 16.8 Å². The van der Waals surface area contributed by atoms with Crippen LogP contribution in [0.25, 0.3) is 10.2 Å². The first kappa shape index (κ1) is 19.4. The van der Waals surface area contributed by atoms with Gasteiger partial charge in [-0.05, 0) is 63.5 Å². The van der Waals surface area contributed by atoms with Crippen LogP contribution in [-0.2, 0) is 11.2 Å². The molecule has 0 bridgehead atoms. The fourth-order valence-electron chi connectivity index (χ4n) is 2.78. The number of fused-ring (bicyclic) bond motifs is 1. The maximum absolute atomic E-state index is 12.6. The fourth-order valence-corrected chi connectivity index (χ4v) is 3.93. The van der Waals surface area contributed by atoms with Gasteiger partial charge in [0.2, 0.25) is 0 Å². The molecule has 0 saturated heterocycles. The minimum Gasteiger partial charge on any atom is -0.449 e. The Hall–Kier alpha value is -2.33. The Morgan fingerprint density at radius 2 is 2.19 bits per heavy atom. The minimum atomic E-state index is -0.332. The Bertz CT molecular complexity index is 934. The SMILES string of the molecule is CC(C)N(C(=O)OCCCCCc1nn[nH]n1)c1ccc2[nH]c(=S)sc2c1. The van der Waals surface area contributed by atoms with Crippen LogP contribution in [0.1, 0.15) is 38.9 Å². The fraction of sp³-hybridized carbons (Fsp3) is 0.471. The summed E-state index contributed by atoms with van der Waals surface area (Å²) < 4.78 is 7.24. The van der Waals surface area contributed by atoms with Crippen molar-refractivity contribution >= 4 is 45.6 Å². The molecular weight excluding hydrogens is 384 g/mol. The molecule has 0 aliphatic carbocycles. The molecule has 0 aliphatic rings. The van der Waals surface area contributed by atoms with E-state index in [2.05, 4.69) is 25.6 Å². The summed E-state index contributed by atoms with van der Waals surface area (Å²) in [6, 6.07) is 5.81. The minimum absolute atomic E-state index is 0.0138. The summed E-state index contributed by atoms with van der Waals surface area (Å²) in [5.41, 5.74) is 1.79. The number of thiazole rings is 1. The van der Waals surface area contributed by atoms with Crippen LogP contribution >= 0.6 is 23.6 Å². The van der Waals surface area contributed by atoms with E-state index in [1.54, 1.807) is 4.90 Å². The second-order valence-electron chi connectivity index (χ2n) is 6.41. The molecule has 0 unspecified atom stereocenters. The van der Waals surface area contributed by atoms with E-state index >= 15 is 0 Å². The molecule has 1 aromatic carbocycles. The predicted molar refractivity (Wildman–Crippen MR) is 108 cm³/mol. The van der Waals surface area contributed by atoms with Gasteiger partial charge in [-0.3, -0.25) is 4.90 Å². The van der Waals surface area contributed by atoms with Crippen LogP contribution in [0.3, 0.4) is 0 Å². The van der Waals surface area contributed by atoms with Gasteiger partial charge in [-0.1, -0.05) is 5.21 Å². The van der Waals surface area contributed by atoms with E-state index in [1.807, 2.05) is 32.0 Å². The summed E-state index contributed by atoms with van der Waals surface area (Å²) in [7, 11) is 0. The van der Waals surface area contributed by atoms with E-state index in [0.29, 0.717) is 12.4 Å². The molecule has 0 fully saturated rings. The Balaban J connectivity index is 1.52. The number of rotatable bonds is 8. The topological polar surface area (TPSA) is 99.8 Å². The molecule has 27 heavy (non-hydrogen) atoms. The average molecular weight is 407 g/mol. The summed E-state index contributed by atoms with van der Waals surface area (Å²) in [5, 5.41) is 13.8. The van der Waals surface area contributed by atoms with Crippen molar-refractivity contribution in [1.82, 2.24) is 25.6 Å². The third kappa shape index (κ3) is 5.10. The molecule has 0 saturated carbocycles. The number of ether oxygens (including phenoxy) is 1. The number of aryl methyl sites for hydroxylation is 1. The highest BCUT2D eigenvalue weighted by Gasteiger charge is 2.21. The van der Waals surface area contributed by atoms with Crippen molar-refractivity contribution < 1.29 is 9.53 Å². The maximum Gasteiger partial charge on any atom is 0.414 e. The van der Waals surface area contributed by atoms with Crippen LogP contribution in [0.5, 0.6) is 0 Å². The molecular formula is C17H22N6O2S2. The lowest BCUT2D eigenvalue weighted by molar-refractivity contribution is 0.149. The zero-order valence-electron chi connectivity index (χ0n) is 15.3. The van der Waals surface area contributed by atoms with Gasteiger partial charge in [-0.2, -0.15) is 5.21 Å². The molecule has 0 spiro atoms. The van der Waals surface area contributed by atoms with Crippen molar-refractivity contribution in [3.05, 3.63) is 28.0 Å². The average Bonchev–Trinajstić information content (AvgIpc) is 3.25. The number of nitrogens with zero attached hydrogens (tertiary/aromatic N) is 4. The van der Waals surface area contributed by atoms with Gasteiger partial charge in [-0.15, -0.1) is 21.5 Å². The van der Waals surface area contributed by atoms with Crippen LogP contribution in [0.2, 0.25) is 0 Å². The lowest BCUT2D eigenvalue weighted by Crippen LogP contribution is -2.37. The predicted octanol–water partition coefficient (Wildman–Crippen LogP) is 4.24. The Kier molecular flexibility index (Phi) is 6.51. The van der Waals surface area contributed by atoms with Crippen LogP contribution in [0.4, 0.5) is 10.5 Å². The summed E-state index contributed by atoms with van der Waals surface area (Å²) in [6.45, 7) is 4.32. The number of amides is 1. The Labute approximate surface area is 165 Å². The smallest absolute Gasteiger partial charge is 0.414 e. The van der Waals surface area contributed by atoms with Crippen molar-refractivity contribution in [3.63, 3.8) is 0 Å². The molecule has 1 amide bonds. The number of anilines is 1. The van der Waals surface area contributed by atoms with E-state index in [-0.39, 0.29) is 12.1 Å². The monoisotopic (exact) mass is 406 g/mol. The van der Waals surface area contributed by atoms with Crippen molar-refractivity contribution in [1.29, 1.82) is 0 Å². The third-order valence-corrected chi connectivity index (χ3v) is 5.25.